The Bertz CT molecular complexity index is 299. The average Bonchev–Trinajstić information content (AvgIpc) is 2.46. The van der Waals surface area contributed by atoms with Crippen molar-refractivity contribution in [1.29, 1.82) is 0 Å². The number of ether oxygens (including phenoxy) is 1. The maximum absolute atomic E-state index is 5.56. The molecule has 0 aliphatic carbocycles. The minimum Gasteiger partial charge on any atom is -0.370 e. The molecular formula is C17H28OS. The molecule has 0 heterocycles. The van der Waals surface area contributed by atoms with Crippen molar-refractivity contribution in [2.45, 2.75) is 68.6 Å². The molecule has 1 unspecified atom stereocenters. The van der Waals surface area contributed by atoms with Crippen molar-refractivity contribution >= 4 is 11.8 Å². The summed E-state index contributed by atoms with van der Waals surface area (Å²) in [5.74, 6) is 0. The van der Waals surface area contributed by atoms with Gasteiger partial charge in [0.05, 0.1) is 0 Å². The molecule has 108 valence electrons. The number of hydrogen-bond donors (Lipinski definition) is 0. The number of rotatable bonds is 11. The van der Waals surface area contributed by atoms with Gasteiger partial charge in [-0.15, -0.1) is 0 Å². The summed E-state index contributed by atoms with van der Waals surface area (Å²) < 4.78 is 5.56. The van der Waals surface area contributed by atoms with Crippen LogP contribution in [-0.4, -0.2) is 12.5 Å². The minimum absolute atomic E-state index is 0.304. The fourth-order valence-electron chi connectivity index (χ4n) is 2.14. The highest BCUT2D eigenvalue weighted by atomic mass is 32.2. The van der Waals surface area contributed by atoms with Gasteiger partial charge in [-0.05, 0) is 25.0 Å². The molecule has 0 aromatic heterocycles. The molecule has 1 atom stereocenters. The van der Waals surface area contributed by atoms with Crippen LogP contribution < -0.4 is 0 Å². The van der Waals surface area contributed by atoms with Gasteiger partial charge in [-0.3, -0.25) is 0 Å². The Hall–Kier alpha value is -0.470. The molecule has 0 saturated carbocycles. The van der Waals surface area contributed by atoms with Crippen LogP contribution in [-0.2, 0) is 4.74 Å². The summed E-state index contributed by atoms with van der Waals surface area (Å²) in [6.07, 6.45) is 10.7. The highest BCUT2D eigenvalue weighted by Crippen LogP contribution is 2.27. The fourth-order valence-corrected chi connectivity index (χ4v) is 3.14. The normalized spacial score (nSPS) is 12.5. The van der Waals surface area contributed by atoms with Crippen LogP contribution in [0.2, 0.25) is 0 Å². The Morgan fingerprint density at radius 1 is 0.947 bits per heavy atom. The SMILES string of the molecule is CCCCCCCCCC(OC)Sc1ccccc1. The smallest absolute Gasteiger partial charge is 0.107 e. The third kappa shape index (κ3) is 8.33. The number of methoxy groups -OCH3 is 1. The molecule has 0 spiro atoms. The second kappa shape index (κ2) is 11.4. The van der Waals surface area contributed by atoms with Gasteiger partial charge in [-0.25, -0.2) is 0 Å². The average molecular weight is 280 g/mol. The first kappa shape index (κ1) is 16.6. The maximum Gasteiger partial charge on any atom is 0.107 e. The predicted molar refractivity (Wildman–Crippen MR) is 85.7 cm³/mol. The lowest BCUT2D eigenvalue weighted by molar-refractivity contribution is 0.163. The van der Waals surface area contributed by atoms with E-state index in [0.717, 1.165) is 6.42 Å². The third-order valence-electron chi connectivity index (χ3n) is 3.32. The monoisotopic (exact) mass is 280 g/mol. The quantitative estimate of drug-likeness (QED) is 0.284. The van der Waals surface area contributed by atoms with E-state index in [0.29, 0.717) is 5.44 Å². The van der Waals surface area contributed by atoms with Crippen molar-refractivity contribution in [2.75, 3.05) is 7.11 Å². The Morgan fingerprint density at radius 2 is 1.58 bits per heavy atom. The largest absolute Gasteiger partial charge is 0.370 e. The van der Waals surface area contributed by atoms with E-state index >= 15 is 0 Å². The minimum atomic E-state index is 0.304. The molecule has 0 amide bonds. The van der Waals surface area contributed by atoms with Crippen LogP contribution >= 0.6 is 11.8 Å². The van der Waals surface area contributed by atoms with Crippen LogP contribution in [0.5, 0.6) is 0 Å². The first-order chi connectivity index (χ1) is 9.36. The molecule has 0 aliphatic heterocycles. The Kier molecular flexibility index (Phi) is 9.92. The van der Waals surface area contributed by atoms with Gasteiger partial charge in [-0.2, -0.15) is 0 Å². The molecule has 1 aromatic carbocycles. The van der Waals surface area contributed by atoms with Gasteiger partial charge in [0.2, 0.25) is 0 Å². The first-order valence-corrected chi connectivity index (χ1v) is 8.49. The van der Waals surface area contributed by atoms with Gasteiger partial charge >= 0.3 is 0 Å². The Morgan fingerprint density at radius 3 is 2.21 bits per heavy atom. The van der Waals surface area contributed by atoms with Crippen LogP contribution in [0.25, 0.3) is 0 Å². The predicted octanol–water partition coefficient (Wildman–Crippen LogP) is 5.89. The topological polar surface area (TPSA) is 9.23 Å². The van der Waals surface area contributed by atoms with E-state index in [4.69, 9.17) is 4.74 Å². The van der Waals surface area contributed by atoms with Crippen molar-refractivity contribution in [3.63, 3.8) is 0 Å². The lowest BCUT2D eigenvalue weighted by Gasteiger charge is -2.14. The van der Waals surface area contributed by atoms with E-state index in [-0.39, 0.29) is 0 Å². The summed E-state index contributed by atoms with van der Waals surface area (Å²) in [4.78, 5) is 1.30. The second-order valence-corrected chi connectivity index (χ2v) is 6.24. The molecular weight excluding hydrogens is 252 g/mol. The van der Waals surface area contributed by atoms with Crippen LogP contribution in [0.3, 0.4) is 0 Å². The molecule has 2 heteroatoms. The van der Waals surface area contributed by atoms with Gasteiger partial charge in [0.15, 0.2) is 0 Å². The molecule has 0 N–H and O–H groups in total. The van der Waals surface area contributed by atoms with E-state index in [1.807, 2.05) is 18.9 Å². The zero-order valence-electron chi connectivity index (χ0n) is 12.4. The molecule has 0 fully saturated rings. The molecule has 19 heavy (non-hydrogen) atoms. The van der Waals surface area contributed by atoms with Gasteiger partial charge in [-0.1, -0.05) is 75.4 Å². The Labute approximate surface area is 123 Å². The van der Waals surface area contributed by atoms with Crippen molar-refractivity contribution in [1.82, 2.24) is 0 Å². The van der Waals surface area contributed by atoms with E-state index in [1.54, 1.807) is 0 Å². The molecule has 0 saturated heterocycles. The summed E-state index contributed by atoms with van der Waals surface area (Å²) in [7, 11) is 1.82. The lowest BCUT2D eigenvalue weighted by atomic mass is 10.1. The summed E-state index contributed by atoms with van der Waals surface area (Å²) in [5, 5.41) is 0. The highest BCUT2D eigenvalue weighted by Gasteiger charge is 2.08. The van der Waals surface area contributed by atoms with Crippen LogP contribution in [0.1, 0.15) is 58.3 Å². The fraction of sp³-hybridized carbons (Fsp3) is 0.647. The molecule has 0 radical (unpaired) electrons. The molecule has 0 bridgehead atoms. The van der Waals surface area contributed by atoms with Crippen molar-refractivity contribution in [3.8, 4) is 0 Å². The lowest BCUT2D eigenvalue weighted by Crippen LogP contribution is -2.04. The highest BCUT2D eigenvalue weighted by molar-refractivity contribution is 7.99. The number of thioether (sulfide) groups is 1. The Balaban J connectivity index is 2.09. The van der Waals surface area contributed by atoms with Crippen molar-refractivity contribution in [3.05, 3.63) is 30.3 Å². The molecule has 1 aromatic rings. The van der Waals surface area contributed by atoms with Crippen LogP contribution in [0.15, 0.2) is 35.2 Å². The first-order valence-electron chi connectivity index (χ1n) is 7.61. The molecule has 1 nitrogen and oxygen atoms in total. The van der Waals surface area contributed by atoms with Gasteiger partial charge in [0.25, 0.3) is 0 Å². The maximum atomic E-state index is 5.56. The van der Waals surface area contributed by atoms with Crippen molar-refractivity contribution < 1.29 is 4.74 Å². The zero-order chi connectivity index (χ0) is 13.8. The van der Waals surface area contributed by atoms with E-state index in [9.17, 15) is 0 Å². The van der Waals surface area contributed by atoms with Gasteiger partial charge < -0.3 is 4.74 Å². The summed E-state index contributed by atoms with van der Waals surface area (Å²) in [6, 6.07) is 10.5. The van der Waals surface area contributed by atoms with E-state index in [1.165, 1.54) is 49.8 Å². The van der Waals surface area contributed by atoms with Crippen molar-refractivity contribution in [2.24, 2.45) is 0 Å². The molecule has 0 aliphatic rings. The number of hydrogen-bond acceptors (Lipinski definition) is 2. The zero-order valence-corrected chi connectivity index (χ0v) is 13.3. The number of unbranched alkanes of at least 4 members (excludes halogenated alkanes) is 6. The summed E-state index contributed by atoms with van der Waals surface area (Å²) in [5.41, 5.74) is 0.304. The van der Waals surface area contributed by atoms with Crippen LogP contribution in [0, 0.1) is 0 Å². The number of benzene rings is 1. The molecule has 1 rings (SSSR count). The van der Waals surface area contributed by atoms with Gasteiger partial charge in [0, 0.05) is 12.0 Å². The van der Waals surface area contributed by atoms with Crippen LogP contribution in [0.4, 0.5) is 0 Å². The standard InChI is InChI=1S/C17H28OS/c1-3-4-5-6-7-8-12-15-17(18-2)19-16-13-10-9-11-14-16/h9-11,13-14,17H,3-8,12,15H2,1-2H3. The summed E-state index contributed by atoms with van der Waals surface area (Å²) >= 11 is 1.84. The van der Waals surface area contributed by atoms with E-state index < -0.39 is 0 Å². The summed E-state index contributed by atoms with van der Waals surface area (Å²) in [6.45, 7) is 2.27. The second-order valence-electron chi connectivity index (χ2n) is 5.01. The third-order valence-corrected chi connectivity index (χ3v) is 4.55. The van der Waals surface area contributed by atoms with E-state index in [2.05, 4.69) is 37.3 Å². The van der Waals surface area contributed by atoms with Gasteiger partial charge in [0.1, 0.15) is 5.44 Å².